The first-order valence-electron chi connectivity index (χ1n) is 7.85. The summed E-state index contributed by atoms with van der Waals surface area (Å²) >= 11 is 1.46. The molecule has 116 valence electrons. The number of rotatable bonds is 6. The Kier molecular flexibility index (Phi) is 4.30. The number of nitrogens with zero attached hydrogens (tertiary/aromatic N) is 1. The zero-order valence-corrected chi connectivity index (χ0v) is 14.0. The fourth-order valence-electron chi connectivity index (χ4n) is 2.60. The fourth-order valence-corrected chi connectivity index (χ4v) is 3.37. The summed E-state index contributed by atoms with van der Waals surface area (Å²) in [6, 6.07) is 10.4. The lowest BCUT2D eigenvalue weighted by atomic mass is 9.95. The van der Waals surface area contributed by atoms with Crippen molar-refractivity contribution in [2.75, 3.05) is 0 Å². The maximum atomic E-state index is 12.5. The number of aromatic nitrogens is 1. The van der Waals surface area contributed by atoms with Crippen molar-refractivity contribution in [1.82, 2.24) is 10.3 Å². The average Bonchev–Trinajstić information content (AvgIpc) is 3.22. The van der Waals surface area contributed by atoms with E-state index in [9.17, 15) is 4.79 Å². The lowest BCUT2D eigenvalue weighted by molar-refractivity contribution is 0.0912. The van der Waals surface area contributed by atoms with Gasteiger partial charge >= 0.3 is 0 Å². The first-order valence-corrected chi connectivity index (χ1v) is 8.73. The van der Waals surface area contributed by atoms with Crippen LogP contribution < -0.4 is 5.32 Å². The highest BCUT2D eigenvalue weighted by atomic mass is 32.1. The molecular formula is C18H22N2OS. The fraction of sp³-hybridized carbons (Fsp3) is 0.444. The molecule has 0 radical (unpaired) electrons. The van der Waals surface area contributed by atoms with Crippen LogP contribution in [0.1, 0.15) is 60.0 Å². The van der Waals surface area contributed by atoms with Gasteiger partial charge in [-0.05, 0) is 45.1 Å². The predicted octanol–water partition coefficient (Wildman–Crippen LogP) is 4.16. The van der Waals surface area contributed by atoms with Crippen LogP contribution in [0.4, 0.5) is 0 Å². The average molecular weight is 314 g/mol. The van der Waals surface area contributed by atoms with Gasteiger partial charge in [0.1, 0.15) is 4.88 Å². The number of hydrogen-bond donors (Lipinski definition) is 1. The van der Waals surface area contributed by atoms with Crippen molar-refractivity contribution in [3.8, 4) is 0 Å². The molecule has 0 atom stereocenters. The van der Waals surface area contributed by atoms with E-state index in [1.807, 2.05) is 6.07 Å². The molecule has 0 unspecified atom stereocenters. The molecule has 1 N–H and O–H groups in total. The second-order valence-electron chi connectivity index (χ2n) is 6.66. The summed E-state index contributed by atoms with van der Waals surface area (Å²) in [4.78, 5) is 17.7. The lowest BCUT2D eigenvalue weighted by Gasteiger charge is -2.26. The Balaban J connectivity index is 1.60. The van der Waals surface area contributed by atoms with Gasteiger partial charge in [-0.2, -0.15) is 0 Å². The zero-order chi connectivity index (χ0) is 15.6. The minimum absolute atomic E-state index is 0.0301. The lowest BCUT2D eigenvalue weighted by Crippen LogP contribution is -2.43. The minimum Gasteiger partial charge on any atom is -0.346 e. The van der Waals surface area contributed by atoms with Crippen LogP contribution in [0.2, 0.25) is 0 Å². The number of benzene rings is 1. The first kappa shape index (κ1) is 15.2. The molecule has 1 amide bonds. The third-order valence-corrected chi connectivity index (χ3v) is 4.94. The molecule has 1 heterocycles. The van der Waals surface area contributed by atoms with Gasteiger partial charge < -0.3 is 5.32 Å². The van der Waals surface area contributed by atoms with E-state index in [2.05, 4.69) is 48.4 Å². The van der Waals surface area contributed by atoms with Gasteiger partial charge in [-0.15, -0.1) is 11.3 Å². The minimum atomic E-state index is -0.224. The van der Waals surface area contributed by atoms with Gasteiger partial charge in [-0.3, -0.25) is 4.79 Å². The van der Waals surface area contributed by atoms with Crippen LogP contribution in [0.25, 0.3) is 0 Å². The van der Waals surface area contributed by atoms with E-state index in [-0.39, 0.29) is 11.4 Å². The molecule has 1 aromatic carbocycles. The number of carbonyl (C=O) groups excluding carboxylic acids is 1. The van der Waals surface area contributed by atoms with Crippen LogP contribution >= 0.6 is 11.3 Å². The number of aryl methyl sites for hydroxylation is 1. The molecule has 1 fully saturated rings. The summed E-state index contributed by atoms with van der Waals surface area (Å²) in [6.07, 6.45) is 4.22. The van der Waals surface area contributed by atoms with Gasteiger partial charge in [0.2, 0.25) is 0 Å². The Bertz CT molecular complexity index is 644. The summed E-state index contributed by atoms with van der Waals surface area (Å²) in [6.45, 7) is 4.18. The third kappa shape index (κ3) is 3.74. The molecule has 0 bridgehead atoms. The van der Waals surface area contributed by atoms with Gasteiger partial charge in [-0.1, -0.05) is 30.3 Å². The number of hydrogen-bond acceptors (Lipinski definition) is 3. The highest BCUT2D eigenvalue weighted by Gasteiger charge is 2.32. The highest BCUT2D eigenvalue weighted by Crippen LogP contribution is 2.41. The molecule has 22 heavy (non-hydrogen) atoms. The largest absolute Gasteiger partial charge is 0.346 e. The second-order valence-corrected chi connectivity index (χ2v) is 7.52. The van der Waals surface area contributed by atoms with Crippen LogP contribution in [0.3, 0.4) is 0 Å². The van der Waals surface area contributed by atoms with Gasteiger partial charge in [0.15, 0.2) is 0 Å². The highest BCUT2D eigenvalue weighted by molar-refractivity contribution is 7.11. The molecule has 0 aliphatic heterocycles. The van der Waals surface area contributed by atoms with E-state index in [4.69, 9.17) is 0 Å². The smallest absolute Gasteiger partial charge is 0.263 e. The van der Waals surface area contributed by atoms with E-state index in [1.165, 1.54) is 29.7 Å². The van der Waals surface area contributed by atoms with Gasteiger partial charge in [0.05, 0.1) is 11.2 Å². The van der Waals surface area contributed by atoms with Crippen molar-refractivity contribution >= 4 is 17.2 Å². The van der Waals surface area contributed by atoms with Gasteiger partial charge in [-0.25, -0.2) is 4.98 Å². The molecule has 1 aromatic heterocycles. The van der Waals surface area contributed by atoms with Crippen molar-refractivity contribution in [2.45, 2.75) is 51.0 Å². The number of thiazole rings is 1. The Morgan fingerprint density at radius 2 is 2.05 bits per heavy atom. The number of nitrogens with one attached hydrogen (secondary N) is 1. The van der Waals surface area contributed by atoms with Crippen molar-refractivity contribution in [2.24, 2.45) is 0 Å². The van der Waals surface area contributed by atoms with E-state index in [1.54, 1.807) is 5.51 Å². The first-order chi connectivity index (χ1) is 10.6. The molecule has 4 heteroatoms. The summed E-state index contributed by atoms with van der Waals surface area (Å²) in [5.74, 6) is 0.543. The van der Waals surface area contributed by atoms with Crippen LogP contribution in [0.15, 0.2) is 35.8 Å². The molecule has 1 saturated carbocycles. The maximum absolute atomic E-state index is 12.5. The zero-order valence-electron chi connectivity index (χ0n) is 13.1. The summed E-state index contributed by atoms with van der Waals surface area (Å²) < 4.78 is 0. The Labute approximate surface area is 135 Å². The van der Waals surface area contributed by atoms with Crippen molar-refractivity contribution in [3.05, 3.63) is 52.0 Å². The van der Waals surface area contributed by atoms with Gasteiger partial charge in [0, 0.05) is 11.5 Å². The molecule has 2 aromatic rings. The summed E-state index contributed by atoms with van der Waals surface area (Å²) in [5, 5.41) is 3.18. The summed E-state index contributed by atoms with van der Waals surface area (Å²) in [7, 11) is 0. The Hall–Kier alpha value is -1.68. The van der Waals surface area contributed by atoms with Crippen LogP contribution in [0, 0.1) is 0 Å². The molecule has 0 saturated heterocycles. The van der Waals surface area contributed by atoms with E-state index in [0.29, 0.717) is 5.92 Å². The summed E-state index contributed by atoms with van der Waals surface area (Å²) in [5.41, 5.74) is 3.87. The standard InChI is InChI=1S/C18H22N2OS/c1-18(2,11-10-13-6-4-3-5-7-13)20-17(21)16-15(14-8-9-14)19-12-22-16/h3-7,12,14H,8-11H2,1-2H3,(H,20,21). The number of carbonyl (C=O) groups is 1. The Morgan fingerprint density at radius 1 is 1.32 bits per heavy atom. The van der Waals surface area contributed by atoms with Crippen LogP contribution in [-0.2, 0) is 6.42 Å². The topological polar surface area (TPSA) is 42.0 Å². The monoisotopic (exact) mass is 314 g/mol. The van der Waals surface area contributed by atoms with Gasteiger partial charge in [0.25, 0.3) is 5.91 Å². The molecule has 3 nitrogen and oxygen atoms in total. The quantitative estimate of drug-likeness (QED) is 0.870. The van der Waals surface area contributed by atoms with Crippen LogP contribution in [-0.4, -0.2) is 16.4 Å². The molecule has 3 rings (SSSR count). The SMILES string of the molecule is CC(C)(CCc1ccccc1)NC(=O)c1scnc1C1CC1. The molecule has 0 spiro atoms. The normalized spacial score (nSPS) is 14.8. The van der Waals surface area contributed by atoms with Crippen molar-refractivity contribution < 1.29 is 4.79 Å². The Morgan fingerprint density at radius 3 is 2.73 bits per heavy atom. The molecule has 1 aliphatic rings. The van der Waals surface area contributed by atoms with E-state index in [0.717, 1.165) is 23.4 Å². The van der Waals surface area contributed by atoms with Crippen molar-refractivity contribution in [1.29, 1.82) is 0 Å². The van der Waals surface area contributed by atoms with E-state index < -0.39 is 0 Å². The van der Waals surface area contributed by atoms with E-state index >= 15 is 0 Å². The van der Waals surface area contributed by atoms with Crippen molar-refractivity contribution in [3.63, 3.8) is 0 Å². The third-order valence-electron chi connectivity index (χ3n) is 4.10. The second kappa shape index (κ2) is 6.21. The predicted molar refractivity (Wildman–Crippen MR) is 90.4 cm³/mol. The molecule has 1 aliphatic carbocycles. The number of amides is 1. The van der Waals surface area contributed by atoms with Crippen LogP contribution in [0.5, 0.6) is 0 Å². The molecular weight excluding hydrogens is 292 g/mol. The maximum Gasteiger partial charge on any atom is 0.263 e.